The van der Waals surface area contributed by atoms with Crippen molar-refractivity contribution in [2.75, 3.05) is 44.2 Å². The van der Waals surface area contributed by atoms with Crippen molar-refractivity contribution in [3.05, 3.63) is 32.8 Å². The van der Waals surface area contributed by atoms with E-state index in [4.69, 9.17) is 4.98 Å². The van der Waals surface area contributed by atoms with E-state index in [2.05, 4.69) is 50.8 Å². The van der Waals surface area contributed by atoms with Crippen LogP contribution in [0.2, 0.25) is 0 Å². The van der Waals surface area contributed by atoms with Crippen molar-refractivity contribution in [2.45, 2.75) is 46.6 Å². The van der Waals surface area contributed by atoms with Crippen LogP contribution in [0.1, 0.15) is 40.9 Å². The van der Waals surface area contributed by atoms with Gasteiger partial charge in [0, 0.05) is 62.0 Å². The third-order valence-electron chi connectivity index (χ3n) is 7.06. The molecule has 2 aliphatic heterocycles. The Kier molecular flexibility index (Phi) is 6.62. The Labute approximate surface area is 203 Å². The fraction of sp³-hybridized carbons (Fsp3) is 0.583. The third-order valence-corrected chi connectivity index (χ3v) is 9.22. The molecular formula is C24H32N6OS2. The first-order valence-corrected chi connectivity index (χ1v) is 13.6. The molecule has 0 aliphatic carbocycles. The van der Waals surface area contributed by atoms with E-state index in [-0.39, 0.29) is 5.92 Å². The third kappa shape index (κ3) is 4.63. The predicted molar refractivity (Wildman–Crippen MR) is 135 cm³/mol. The molecule has 7 nitrogen and oxygen atoms in total. The van der Waals surface area contributed by atoms with E-state index < -0.39 is 0 Å². The molecule has 0 unspecified atom stereocenters. The van der Waals surface area contributed by atoms with Gasteiger partial charge < -0.3 is 9.80 Å². The lowest BCUT2D eigenvalue weighted by molar-refractivity contribution is -0.138. The van der Waals surface area contributed by atoms with Gasteiger partial charge >= 0.3 is 0 Å². The second-order valence-electron chi connectivity index (χ2n) is 9.11. The highest BCUT2D eigenvalue weighted by atomic mass is 32.1. The molecule has 1 amide bonds. The first-order valence-electron chi connectivity index (χ1n) is 11.9. The number of aryl methyl sites for hydroxylation is 3. The smallest absolute Gasteiger partial charge is 0.225 e. The first kappa shape index (κ1) is 22.7. The highest BCUT2D eigenvalue weighted by Gasteiger charge is 2.31. The average Bonchev–Trinajstić information content (AvgIpc) is 3.42. The second kappa shape index (κ2) is 9.64. The van der Waals surface area contributed by atoms with E-state index in [0.717, 1.165) is 75.7 Å². The molecule has 9 heteroatoms. The van der Waals surface area contributed by atoms with Crippen LogP contribution in [0, 0.1) is 19.8 Å². The number of hydrogen-bond acceptors (Lipinski definition) is 8. The maximum absolute atomic E-state index is 13.2. The number of thiazole rings is 1. The van der Waals surface area contributed by atoms with Gasteiger partial charge in [0.1, 0.15) is 17.0 Å². The monoisotopic (exact) mass is 484 g/mol. The number of hydrogen-bond donors (Lipinski definition) is 0. The summed E-state index contributed by atoms with van der Waals surface area (Å²) in [4.78, 5) is 36.3. The molecule has 3 aromatic rings. The van der Waals surface area contributed by atoms with Crippen molar-refractivity contribution in [1.82, 2.24) is 24.8 Å². The van der Waals surface area contributed by atoms with E-state index in [1.165, 1.54) is 26.5 Å². The molecule has 0 saturated carbocycles. The number of thiophene rings is 1. The number of fused-ring (bicyclic) bond motifs is 1. The van der Waals surface area contributed by atoms with Crippen LogP contribution in [-0.4, -0.2) is 69.9 Å². The number of carbonyl (C=O) groups is 1. The molecule has 0 spiro atoms. The zero-order chi connectivity index (χ0) is 22.9. The standard InChI is InChI=1S/C24H32N6OS2/c1-4-20-27-19(14-32-20)13-28-9-11-30(12-10-28)24(31)18-5-7-29(8-6-18)22-21-16(2)17(3)33-23(21)26-15-25-22/h14-15,18H,4-13H2,1-3H3. The fourth-order valence-electron chi connectivity index (χ4n) is 4.94. The van der Waals surface area contributed by atoms with Gasteiger partial charge in [-0.15, -0.1) is 22.7 Å². The summed E-state index contributed by atoms with van der Waals surface area (Å²) in [6.45, 7) is 12.6. The zero-order valence-corrected chi connectivity index (χ0v) is 21.3. The van der Waals surface area contributed by atoms with Gasteiger partial charge in [-0.1, -0.05) is 6.92 Å². The zero-order valence-electron chi connectivity index (χ0n) is 19.7. The Morgan fingerprint density at radius 1 is 1.09 bits per heavy atom. The number of rotatable bonds is 5. The number of piperazine rings is 1. The van der Waals surface area contributed by atoms with Crippen molar-refractivity contribution in [1.29, 1.82) is 0 Å². The normalized spacial score (nSPS) is 18.4. The molecule has 5 heterocycles. The second-order valence-corrected chi connectivity index (χ2v) is 11.3. The van der Waals surface area contributed by atoms with Crippen molar-refractivity contribution >= 4 is 44.6 Å². The minimum atomic E-state index is 0.126. The van der Waals surface area contributed by atoms with Crippen LogP contribution in [0.25, 0.3) is 10.2 Å². The van der Waals surface area contributed by atoms with Crippen LogP contribution >= 0.6 is 22.7 Å². The summed E-state index contributed by atoms with van der Waals surface area (Å²) in [6, 6.07) is 0. The molecule has 2 aliphatic rings. The average molecular weight is 485 g/mol. The Bertz CT molecular complexity index is 1130. The predicted octanol–water partition coefficient (Wildman–Crippen LogP) is 3.89. The van der Waals surface area contributed by atoms with E-state index in [9.17, 15) is 4.79 Å². The molecular weight excluding hydrogens is 452 g/mol. The van der Waals surface area contributed by atoms with Crippen LogP contribution in [0.5, 0.6) is 0 Å². The Morgan fingerprint density at radius 2 is 1.85 bits per heavy atom. The Balaban J connectivity index is 1.15. The van der Waals surface area contributed by atoms with Crippen molar-refractivity contribution < 1.29 is 4.79 Å². The van der Waals surface area contributed by atoms with Crippen LogP contribution < -0.4 is 4.90 Å². The molecule has 0 N–H and O–H groups in total. The largest absolute Gasteiger partial charge is 0.356 e. The summed E-state index contributed by atoms with van der Waals surface area (Å²) >= 11 is 3.49. The highest BCUT2D eigenvalue weighted by Crippen LogP contribution is 2.35. The Morgan fingerprint density at radius 3 is 2.55 bits per heavy atom. The van der Waals surface area contributed by atoms with E-state index in [0.29, 0.717) is 5.91 Å². The molecule has 3 aromatic heterocycles. The van der Waals surface area contributed by atoms with Crippen molar-refractivity contribution in [2.24, 2.45) is 5.92 Å². The van der Waals surface area contributed by atoms with E-state index >= 15 is 0 Å². The maximum Gasteiger partial charge on any atom is 0.225 e. The molecule has 0 bridgehead atoms. The lowest BCUT2D eigenvalue weighted by Crippen LogP contribution is -2.51. The van der Waals surface area contributed by atoms with Crippen molar-refractivity contribution in [3.63, 3.8) is 0 Å². The summed E-state index contributed by atoms with van der Waals surface area (Å²) in [5.74, 6) is 1.50. The maximum atomic E-state index is 13.2. The number of nitrogens with zero attached hydrogens (tertiary/aromatic N) is 6. The van der Waals surface area contributed by atoms with E-state index in [1.54, 1.807) is 29.0 Å². The fourth-order valence-corrected chi connectivity index (χ4v) is 6.67. The van der Waals surface area contributed by atoms with Gasteiger partial charge in [-0.05, 0) is 38.7 Å². The van der Waals surface area contributed by atoms with Crippen LogP contribution in [0.15, 0.2) is 11.7 Å². The molecule has 0 radical (unpaired) electrons. The topological polar surface area (TPSA) is 65.5 Å². The lowest BCUT2D eigenvalue weighted by Gasteiger charge is -2.38. The molecule has 5 rings (SSSR count). The van der Waals surface area contributed by atoms with Gasteiger partial charge in [0.05, 0.1) is 16.1 Å². The minimum Gasteiger partial charge on any atom is -0.356 e. The minimum absolute atomic E-state index is 0.126. The van der Waals surface area contributed by atoms with E-state index in [1.807, 2.05) is 0 Å². The highest BCUT2D eigenvalue weighted by molar-refractivity contribution is 7.18. The molecule has 0 aromatic carbocycles. The summed E-state index contributed by atoms with van der Waals surface area (Å²) in [5.41, 5.74) is 2.45. The number of aromatic nitrogens is 3. The summed E-state index contributed by atoms with van der Waals surface area (Å²) in [7, 11) is 0. The quantitative estimate of drug-likeness (QED) is 0.548. The van der Waals surface area contributed by atoms with Gasteiger partial charge in [-0.2, -0.15) is 0 Å². The van der Waals surface area contributed by atoms with Gasteiger partial charge in [-0.3, -0.25) is 9.69 Å². The van der Waals surface area contributed by atoms with Gasteiger partial charge in [-0.25, -0.2) is 15.0 Å². The molecule has 0 atom stereocenters. The summed E-state index contributed by atoms with van der Waals surface area (Å²) in [6.07, 6.45) is 4.47. The van der Waals surface area contributed by atoms with Crippen LogP contribution in [0.3, 0.4) is 0 Å². The molecule has 2 saturated heterocycles. The Hall–Kier alpha value is -2.10. The number of amides is 1. The van der Waals surface area contributed by atoms with Gasteiger partial charge in [0.15, 0.2) is 0 Å². The SMILES string of the molecule is CCc1nc(CN2CCN(C(=O)C3CCN(c4ncnc5sc(C)c(C)c45)CC3)CC2)cs1. The first-order chi connectivity index (χ1) is 16.0. The lowest BCUT2D eigenvalue weighted by atomic mass is 9.94. The van der Waals surface area contributed by atoms with Gasteiger partial charge in [0.25, 0.3) is 0 Å². The van der Waals surface area contributed by atoms with Crippen molar-refractivity contribution in [3.8, 4) is 0 Å². The van der Waals surface area contributed by atoms with Crippen LogP contribution in [0.4, 0.5) is 5.82 Å². The summed E-state index contributed by atoms with van der Waals surface area (Å²) in [5, 5.41) is 4.57. The number of piperidine rings is 1. The number of anilines is 1. The molecule has 176 valence electrons. The summed E-state index contributed by atoms with van der Waals surface area (Å²) < 4.78 is 0. The number of carbonyl (C=O) groups excluding carboxylic acids is 1. The van der Waals surface area contributed by atoms with Gasteiger partial charge in [0.2, 0.25) is 5.91 Å². The molecule has 33 heavy (non-hydrogen) atoms. The molecule has 2 fully saturated rings. The van der Waals surface area contributed by atoms with Crippen LogP contribution in [-0.2, 0) is 17.8 Å².